The van der Waals surface area contributed by atoms with E-state index in [0.717, 1.165) is 18.5 Å². The minimum Gasteiger partial charge on any atom is -0.348 e. The van der Waals surface area contributed by atoms with Crippen LogP contribution in [-0.2, 0) is 6.54 Å². The van der Waals surface area contributed by atoms with Crippen molar-refractivity contribution < 1.29 is 0 Å². The third-order valence-electron chi connectivity index (χ3n) is 4.50. The number of rotatable bonds is 6. The van der Waals surface area contributed by atoms with Gasteiger partial charge < -0.3 is 10.2 Å². The topological polar surface area (TPSA) is 28.2 Å². The lowest BCUT2D eigenvalue weighted by Gasteiger charge is -2.19. The fourth-order valence-corrected chi connectivity index (χ4v) is 3.99. The number of hydrogen-bond donors (Lipinski definition) is 1. The van der Waals surface area contributed by atoms with Gasteiger partial charge in [0.2, 0.25) is 0 Å². The molecule has 1 aliphatic heterocycles. The van der Waals surface area contributed by atoms with Gasteiger partial charge in [-0.3, -0.25) is 0 Å². The van der Waals surface area contributed by atoms with E-state index in [2.05, 4.69) is 22.5 Å². The first-order valence-corrected chi connectivity index (χ1v) is 9.16. The van der Waals surface area contributed by atoms with Crippen LogP contribution in [0, 0.1) is 5.92 Å². The van der Waals surface area contributed by atoms with E-state index in [-0.39, 0.29) is 0 Å². The van der Waals surface area contributed by atoms with Gasteiger partial charge in [-0.25, -0.2) is 4.98 Å². The van der Waals surface area contributed by atoms with Crippen LogP contribution in [0.3, 0.4) is 0 Å². The van der Waals surface area contributed by atoms with Crippen molar-refractivity contribution in [2.45, 2.75) is 64.5 Å². The Morgan fingerprint density at radius 2 is 2.20 bits per heavy atom. The maximum Gasteiger partial charge on any atom is 0.185 e. The monoisotopic (exact) mass is 293 g/mol. The van der Waals surface area contributed by atoms with Crippen LogP contribution in [0.15, 0.2) is 5.38 Å². The number of nitrogens with zero attached hydrogens (tertiary/aromatic N) is 2. The van der Waals surface area contributed by atoms with E-state index in [9.17, 15) is 0 Å². The lowest BCUT2D eigenvalue weighted by Crippen LogP contribution is -2.24. The smallest absolute Gasteiger partial charge is 0.185 e. The molecule has 0 amide bonds. The second-order valence-electron chi connectivity index (χ2n) is 6.35. The SMILES string of the molecule is CCCC1CCCN(c2nc(CNC3CC3)cs2)CC1. The van der Waals surface area contributed by atoms with E-state index in [0.29, 0.717) is 0 Å². The van der Waals surface area contributed by atoms with E-state index < -0.39 is 0 Å². The first-order chi connectivity index (χ1) is 9.85. The molecule has 0 spiro atoms. The van der Waals surface area contributed by atoms with Gasteiger partial charge in [0.25, 0.3) is 0 Å². The van der Waals surface area contributed by atoms with Gasteiger partial charge in [-0.1, -0.05) is 19.8 Å². The number of hydrogen-bond acceptors (Lipinski definition) is 4. The number of thiazole rings is 1. The number of anilines is 1. The quantitative estimate of drug-likeness (QED) is 0.864. The summed E-state index contributed by atoms with van der Waals surface area (Å²) in [4.78, 5) is 7.34. The van der Waals surface area contributed by atoms with Gasteiger partial charge in [-0.2, -0.15) is 0 Å². The van der Waals surface area contributed by atoms with Crippen molar-refractivity contribution in [3.05, 3.63) is 11.1 Å². The summed E-state index contributed by atoms with van der Waals surface area (Å²) in [5, 5.41) is 7.03. The Morgan fingerprint density at radius 1 is 1.30 bits per heavy atom. The molecule has 1 saturated heterocycles. The van der Waals surface area contributed by atoms with E-state index in [4.69, 9.17) is 4.98 Å². The van der Waals surface area contributed by atoms with Crippen molar-refractivity contribution in [1.29, 1.82) is 0 Å². The molecule has 3 nitrogen and oxygen atoms in total. The zero-order valence-corrected chi connectivity index (χ0v) is 13.4. The summed E-state index contributed by atoms with van der Waals surface area (Å²) in [6, 6.07) is 0.771. The summed E-state index contributed by atoms with van der Waals surface area (Å²) in [5.41, 5.74) is 1.23. The zero-order valence-electron chi connectivity index (χ0n) is 12.6. The standard InChI is InChI=1S/C16H27N3S/c1-2-4-13-5-3-9-19(10-8-13)16-18-15(12-20-16)11-17-14-6-7-14/h12-14,17H,2-11H2,1H3. The molecule has 4 heteroatoms. The van der Waals surface area contributed by atoms with Crippen molar-refractivity contribution in [1.82, 2.24) is 10.3 Å². The van der Waals surface area contributed by atoms with Gasteiger partial charge in [0.1, 0.15) is 0 Å². The normalized spacial score (nSPS) is 23.9. The summed E-state index contributed by atoms with van der Waals surface area (Å²) >= 11 is 1.83. The van der Waals surface area contributed by atoms with Crippen LogP contribution in [0.25, 0.3) is 0 Å². The minimum atomic E-state index is 0.771. The Kier molecular flexibility index (Phi) is 4.94. The summed E-state index contributed by atoms with van der Waals surface area (Å²) < 4.78 is 0. The van der Waals surface area contributed by atoms with E-state index >= 15 is 0 Å². The first-order valence-electron chi connectivity index (χ1n) is 8.28. The molecule has 1 aromatic rings. The highest BCUT2D eigenvalue weighted by molar-refractivity contribution is 7.13. The second-order valence-corrected chi connectivity index (χ2v) is 7.19. The van der Waals surface area contributed by atoms with Crippen LogP contribution in [0.1, 0.15) is 57.6 Å². The van der Waals surface area contributed by atoms with Gasteiger partial charge in [0.15, 0.2) is 5.13 Å². The average Bonchev–Trinajstić information content (AvgIpc) is 3.21. The second kappa shape index (κ2) is 6.90. The lowest BCUT2D eigenvalue weighted by atomic mass is 9.96. The van der Waals surface area contributed by atoms with Gasteiger partial charge in [-0.15, -0.1) is 11.3 Å². The molecular weight excluding hydrogens is 266 g/mol. The average molecular weight is 293 g/mol. The zero-order chi connectivity index (χ0) is 13.8. The molecule has 1 unspecified atom stereocenters. The fraction of sp³-hybridized carbons (Fsp3) is 0.812. The van der Waals surface area contributed by atoms with Gasteiger partial charge in [0, 0.05) is 31.1 Å². The molecule has 3 rings (SSSR count). The molecule has 2 heterocycles. The van der Waals surface area contributed by atoms with E-state index in [1.54, 1.807) is 0 Å². The first kappa shape index (κ1) is 14.3. The molecule has 2 fully saturated rings. The number of nitrogens with one attached hydrogen (secondary N) is 1. The van der Waals surface area contributed by atoms with E-state index in [1.165, 1.54) is 68.9 Å². The third-order valence-corrected chi connectivity index (χ3v) is 5.45. The highest BCUT2D eigenvalue weighted by Gasteiger charge is 2.21. The van der Waals surface area contributed by atoms with Crippen LogP contribution in [0.4, 0.5) is 5.13 Å². The molecule has 112 valence electrons. The summed E-state index contributed by atoms with van der Waals surface area (Å²) in [5.74, 6) is 0.945. The summed E-state index contributed by atoms with van der Waals surface area (Å²) in [6.07, 6.45) is 9.53. The molecular formula is C16H27N3S. The van der Waals surface area contributed by atoms with Gasteiger partial charge in [-0.05, 0) is 38.0 Å². The molecule has 1 aromatic heterocycles. The van der Waals surface area contributed by atoms with Crippen molar-refractivity contribution >= 4 is 16.5 Å². The molecule has 20 heavy (non-hydrogen) atoms. The Hall–Kier alpha value is -0.610. The third kappa shape index (κ3) is 3.95. The maximum atomic E-state index is 4.83. The van der Waals surface area contributed by atoms with E-state index in [1.807, 2.05) is 11.3 Å². The molecule has 0 bridgehead atoms. The van der Waals surface area contributed by atoms with Crippen molar-refractivity contribution in [2.75, 3.05) is 18.0 Å². The Balaban J connectivity index is 1.52. The largest absolute Gasteiger partial charge is 0.348 e. The summed E-state index contributed by atoms with van der Waals surface area (Å²) in [6.45, 7) is 5.66. The molecule has 0 aromatic carbocycles. The highest BCUT2D eigenvalue weighted by atomic mass is 32.1. The predicted molar refractivity (Wildman–Crippen MR) is 86.4 cm³/mol. The maximum absolute atomic E-state index is 4.83. The molecule has 2 aliphatic rings. The predicted octanol–water partition coefficient (Wildman–Crippen LogP) is 3.80. The van der Waals surface area contributed by atoms with Crippen molar-refractivity contribution in [3.63, 3.8) is 0 Å². The van der Waals surface area contributed by atoms with Gasteiger partial charge in [0.05, 0.1) is 5.69 Å². The number of aromatic nitrogens is 1. The van der Waals surface area contributed by atoms with Crippen molar-refractivity contribution in [2.24, 2.45) is 5.92 Å². The Morgan fingerprint density at radius 3 is 3.00 bits per heavy atom. The van der Waals surface area contributed by atoms with Crippen LogP contribution in [0.5, 0.6) is 0 Å². The highest BCUT2D eigenvalue weighted by Crippen LogP contribution is 2.28. The van der Waals surface area contributed by atoms with Crippen LogP contribution in [0.2, 0.25) is 0 Å². The minimum absolute atomic E-state index is 0.771. The summed E-state index contributed by atoms with van der Waals surface area (Å²) in [7, 11) is 0. The van der Waals surface area contributed by atoms with Crippen molar-refractivity contribution in [3.8, 4) is 0 Å². The molecule has 0 radical (unpaired) electrons. The molecule has 1 atom stereocenters. The molecule has 1 saturated carbocycles. The van der Waals surface area contributed by atoms with Crippen LogP contribution >= 0.6 is 11.3 Å². The molecule has 1 N–H and O–H groups in total. The Labute approximate surface area is 126 Å². The van der Waals surface area contributed by atoms with Crippen LogP contribution < -0.4 is 10.2 Å². The van der Waals surface area contributed by atoms with Crippen LogP contribution in [-0.4, -0.2) is 24.1 Å². The molecule has 1 aliphatic carbocycles. The lowest BCUT2D eigenvalue weighted by molar-refractivity contribution is 0.435. The fourth-order valence-electron chi connectivity index (χ4n) is 3.11. The Bertz CT molecular complexity index is 414. The van der Waals surface area contributed by atoms with Gasteiger partial charge >= 0.3 is 0 Å².